The van der Waals surface area contributed by atoms with Gasteiger partial charge in [-0.1, -0.05) is 6.92 Å². The number of nitrogens with one attached hydrogen (secondary N) is 2. The Morgan fingerprint density at radius 1 is 1.24 bits per heavy atom. The van der Waals surface area contributed by atoms with Crippen LogP contribution in [-0.2, 0) is 9.47 Å². The van der Waals surface area contributed by atoms with E-state index in [-0.39, 0.29) is 30.1 Å². The molecule has 29 heavy (non-hydrogen) atoms. The molecule has 1 saturated heterocycles. The standard InChI is InChI=1S/C20H41N5O3.HI/c1-7-11-25(19(26)28-20(2,3)4)14-10-22-18(21-5)23-17-8-12-24(13-9-17)15-16-27-6;/h17H,7-16H2,1-6H3,(H2,21,22,23);1H. The quantitative estimate of drug-likeness (QED) is 0.273. The molecule has 1 fully saturated rings. The number of likely N-dealkylation sites (tertiary alicyclic amines) is 1. The molecule has 2 N–H and O–H groups in total. The van der Waals surface area contributed by atoms with Crippen molar-refractivity contribution in [2.45, 2.75) is 58.6 Å². The number of hydrogen-bond donors (Lipinski definition) is 2. The van der Waals surface area contributed by atoms with Crippen LogP contribution in [0, 0.1) is 0 Å². The van der Waals surface area contributed by atoms with Gasteiger partial charge in [-0.25, -0.2) is 4.79 Å². The lowest BCUT2D eigenvalue weighted by Crippen LogP contribution is -2.50. The highest BCUT2D eigenvalue weighted by atomic mass is 127. The van der Waals surface area contributed by atoms with Crippen LogP contribution in [0.4, 0.5) is 4.79 Å². The van der Waals surface area contributed by atoms with Gasteiger partial charge in [0.15, 0.2) is 5.96 Å². The fraction of sp³-hybridized carbons (Fsp3) is 0.900. The zero-order chi connectivity index (χ0) is 21.0. The molecule has 0 saturated carbocycles. The van der Waals surface area contributed by atoms with Crippen molar-refractivity contribution in [3.63, 3.8) is 0 Å². The summed E-state index contributed by atoms with van der Waals surface area (Å²) in [5, 5.41) is 6.83. The van der Waals surface area contributed by atoms with Crippen molar-refractivity contribution in [3.8, 4) is 0 Å². The second-order valence-electron chi connectivity index (χ2n) is 8.22. The van der Waals surface area contributed by atoms with Crippen molar-refractivity contribution in [1.29, 1.82) is 0 Å². The number of aliphatic imine (C=N–C) groups is 1. The first-order valence-electron chi connectivity index (χ1n) is 10.5. The molecule has 1 amide bonds. The topological polar surface area (TPSA) is 78.4 Å². The predicted octanol–water partition coefficient (Wildman–Crippen LogP) is 2.53. The van der Waals surface area contributed by atoms with Crippen LogP contribution in [0.3, 0.4) is 0 Å². The van der Waals surface area contributed by atoms with E-state index >= 15 is 0 Å². The Morgan fingerprint density at radius 3 is 2.41 bits per heavy atom. The fourth-order valence-corrected chi connectivity index (χ4v) is 3.11. The summed E-state index contributed by atoms with van der Waals surface area (Å²) in [6.45, 7) is 13.5. The number of carbonyl (C=O) groups excluding carboxylic acids is 1. The number of ether oxygens (including phenoxy) is 2. The van der Waals surface area contributed by atoms with E-state index in [0.717, 1.165) is 51.5 Å². The highest BCUT2D eigenvalue weighted by Gasteiger charge is 2.22. The summed E-state index contributed by atoms with van der Waals surface area (Å²) in [7, 11) is 3.52. The molecule has 0 bridgehead atoms. The Labute approximate surface area is 194 Å². The molecule has 0 aromatic heterocycles. The largest absolute Gasteiger partial charge is 0.444 e. The molecule has 0 atom stereocenters. The number of rotatable bonds is 9. The average molecular weight is 527 g/mol. The summed E-state index contributed by atoms with van der Waals surface area (Å²) >= 11 is 0. The van der Waals surface area contributed by atoms with E-state index in [0.29, 0.717) is 25.7 Å². The number of methoxy groups -OCH3 is 1. The first kappa shape index (κ1) is 28.2. The van der Waals surface area contributed by atoms with E-state index in [9.17, 15) is 4.79 Å². The Bertz CT molecular complexity index is 477. The van der Waals surface area contributed by atoms with Crippen molar-refractivity contribution in [1.82, 2.24) is 20.4 Å². The lowest BCUT2D eigenvalue weighted by atomic mass is 10.1. The molecule has 8 nitrogen and oxygen atoms in total. The summed E-state index contributed by atoms with van der Waals surface area (Å²) in [6, 6.07) is 0.419. The summed E-state index contributed by atoms with van der Waals surface area (Å²) in [5.41, 5.74) is -0.480. The van der Waals surface area contributed by atoms with E-state index in [1.54, 1.807) is 19.1 Å². The Hall–Kier alpha value is -0.810. The number of halogens is 1. The zero-order valence-corrected chi connectivity index (χ0v) is 21.5. The van der Waals surface area contributed by atoms with Gasteiger partial charge >= 0.3 is 6.09 Å². The third-order valence-corrected chi connectivity index (χ3v) is 4.58. The molecule has 1 rings (SSSR count). The highest BCUT2D eigenvalue weighted by Crippen LogP contribution is 2.11. The maximum atomic E-state index is 12.3. The Morgan fingerprint density at radius 2 is 1.90 bits per heavy atom. The maximum absolute atomic E-state index is 12.3. The number of piperidine rings is 1. The third kappa shape index (κ3) is 12.5. The Kier molecular flexibility index (Phi) is 14.6. The van der Waals surface area contributed by atoms with E-state index in [4.69, 9.17) is 9.47 Å². The second kappa shape index (κ2) is 15.1. The second-order valence-corrected chi connectivity index (χ2v) is 8.22. The lowest BCUT2D eigenvalue weighted by Gasteiger charge is -2.33. The predicted molar refractivity (Wildman–Crippen MR) is 129 cm³/mol. The van der Waals surface area contributed by atoms with Crippen molar-refractivity contribution in [3.05, 3.63) is 0 Å². The SMILES string of the molecule is CCCN(CCNC(=NC)NC1CCN(CCOC)CC1)C(=O)OC(C)(C)C.I. The molecular weight excluding hydrogens is 485 g/mol. The highest BCUT2D eigenvalue weighted by molar-refractivity contribution is 14.0. The van der Waals surface area contributed by atoms with Crippen molar-refractivity contribution in [2.24, 2.45) is 4.99 Å². The Balaban J connectivity index is 0.00000784. The first-order valence-corrected chi connectivity index (χ1v) is 10.5. The normalized spacial score (nSPS) is 16.1. The minimum atomic E-state index is -0.480. The van der Waals surface area contributed by atoms with Gasteiger partial charge in [-0.05, 0) is 40.0 Å². The third-order valence-electron chi connectivity index (χ3n) is 4.58. The van der Waals surface area contributed by atoms with E-state index in [1.165, 1.54) is 0 Å². The molecule has 0 spiro atoms. The van der Waals surface area contributed by atoms with Gasteiger partial charge in [-0.2, -0.15) is 0 Å². The van der Waals surface area contributed by atoms with E-state index < -0.39 is 5.60 Å². The molecule has 0 radical (unpaired) electrons. The zero-order valence-electron chi connectivity index (χ0n) is 19.1. The average Bonchev–Trinajstić information content (AvgIpc) is 2.64. The molecule has 1 aliphatic rings. The number of carbonyl (C=O) groups is 1. The van der Waals surface area contributed by atoms with Crippen LogP contribution >= 0.6 is 24.0 Å². The smallest absolute Gasteiger partial charge is 0.410 e. The van der Waals surface area contributed by atoms with Crippen LogP contribution in [-0.4, -0.2) is 93.5 Å². The summed E-state index contributed by atoms with van der Waals surface area (Å²) in [5.74, 6) is 0.788. The van der Waals surface area contributed by atoms with E-state index in [2.05, 4.69) is 27.4 Å². The van der Waals surface area contributed by atoms with Crippen molar-refractivity contribution >= 4 is 36.0 Å². The summed E-state index contributed by atoms with van der Waals surface area (Å²) < 4.78 is 10.6. The molecule has 9 heteroatoms. The summed E-state index contributed by atoms with van der Waals surface area (Å²) in [6.07, 6.45) is 2.81. The molecule has 1 aliphatic heterocycles. The first-order chi connectivity index (χ1) is 13.3. The minimum Gasteiger partial charge on any atom is -0.444 e. The van der Waals surface area contributed by atoms with Gasteiger partial charge in [0.25, 0.3) is 0 Å². The molecular formula is C20H42IN5O3. The maximum Gasteiger partial charge on any atom is 0.410 e. The van der Waals surface area contributed by atoms with Gasteiger partial charge < -0.3 is 29.9 Å². The minimum absolute atomic E-state index is 0. The molecule has 0 unspecified atom stereocenters. The number of hydrogen-bond acceptors (Lipinski definition) is 5. The van der Waals surface area contributed by atoms with Crippen LogP contribution in [0.2, 0.25) is 0 Å². The molecule has 0 aliphatic carbocycles. The molecule has 0 aromatic rings. The number of amides is 1. The van der Waals surface area contributed by atoms with Gasteiger partial charge in [-0.15, -0.1) is 24.0 Å². The van der Waals surface area contributed by atoms with Gasteiger partial charge in [0, 0.05) is 59.5 Å². The molecule has 0 aromatic carbocycles. The van der Waals surface area contributed by atoms with Gasteiger partial charge in [0.1, 0.15) is 5.60 Å². The van der Waals surface area contributed by atoms with Crippen molar-refractivity contribution in [2.75, 3.05) is 60.0 Å². The van der Waals surface area contributed by atoms with Crippen LogP contribution in [0.1, 0.15) is 47.0 Å². The molecule has 172 valence electrons. The lowest BCUT2D eigenvalue weighted by molar-refractivity contribution is 0.0253. The summed E-state index contributed by atoms with van der Waals surface area (Å²) in [4.78, 5) is 20.8. The van der Waals surface area contributed by atoms with Crippen LogP contribution in [0.5, 0.6) is 0 Å². The van der Waals surface area contributed by atoms with E-state index in [1.807, 2.05) is 20.8 Å². The van der Waals surface area contributed by atoms with Crippen molar-refractivity contribution < 1.29 is 14.3 Å². The van der Waals surface area contributed by atoms with Crippen LogP contribution < -0.4 is 10.6 Å². The van der Waals surface area contributed by atoms with Gasteiger partial charge in [0.2, 0.25) is 0 Å². The van der Waals surface area contributed by atoms with Crippen LogP contribution in [0.15, 0.2) is 4.99 Å². The van der Waals surface area contributed by atoms with Gasteiger partial charge in [0.05, 0.1) is 6.61 Å². The fourth-order valence-electron chi connectivity index (χ4n) is 3.11. The monoisotopic (exact) mass is 527 g/mol. The van der Waals surface area contributed by atoms with Gasteiger partial charge in [-0.3, -0.25) is 4.99 Å². The van der Waals surface area contributed by atoms with Crippen LogP contribution in [0.25, 0.3) is 0 Å². The number of nitrogens with zero attached hydrogens (tertiary/aromatic N) is 3. The number of guanidine groups is 1. The molecule has 1 heterocycles.